The summed E-state index contributed by atoms with van der Waals surface area (Å²) in [6, 6.07) is 0.394. The normalized spacial score (nSPS) is 15.2. The average molecular weight is 229 g/mol. The molecule has 0 fully saturated rings. The third kappa shape index (κ3) is 5.47. The lowest BCUT2D eigenvalue weighted by Gasteiger charge is -2.28. The first-order chi connectivity index (χ1) is 7.40. The third-order valence-corrected chi connectivity index (χ3v) is 2.88. The molecular formula is C12H27N3O. The maximum atomic E-state index is 11.7. The van der Waals surface area contributed by atoms with Crippen molar-refractivity contribution in [3.05, 3.63) is 0 Å². The van der Waals surface area contributed by atoms with Gasteiger partial charge in [-0.2, -0.15) is 0 Å². The maximum absolute atomic E-state index is 11.7. The van der Waals surface area contributed by atoms with Gasteiger partial charge in [0.05, 0.1) is 0 Å². The molecule has 0 aromatic heterocycles. The number of nitrogens with one attached hydrogen (secondary N) is 2. The second-order valence-electron chi connectivity index (χ2n) is 4.98. The van der Waals surface area contributed by atoms with Crippen molar-refractivity contribution < 1.29 is 4.79 Å². The molecule has 0 aliphatic rings. The molecule has 96 valence electrons. The second-order valence-corrected chi connectivity index (χ2v) is 4.98. The largest absolute Gasteiger partial charge is 0.354 e. The van der Waals surface area contributed by atoms with Gasteiger partial charge < -0.3 is 15.5 Å². The number of likely N-dealkylation sites (N-methyl/N-ethyl adjacent to an activating group) is 1. The quantitative estimate of drug-likeness (QED) is 0.670. The number of rotatable bonds is 7. The zero-order valence-corrected chi connectivity index (χ0v) is 11.5. The second kappa shape index (κ2) is 7.63. The molecule has 4 heteroatoms. The molecule has 0 rings (SSSR count). The van der Waals surface area contributed by atoms with Crippen LogP contribution in [-0.4, -0.2) is 51.1 Å². The number of amides is 1. The summed E-state index contributed by atoms with van der Waals surface area (Å²) in [7, 11) is 5.96. The van der Waals surface area contributed by atoms with Gasteiger partial charge in [-0.3, -0.25) is 4.79 Å². The van der Waals surface area contributed by atoms with E-state index in [0.29, 0.717) is 12.0 Å². The molecule has 0 saturated heterocycles. The number of hydrogen-bond acceptors (Lipinski definition) is 3. The molecule has 2 unspecified atom stereocenters. The van der Waals surface area contributed by atoms with Crippen LogP contribution in [0.3, 0.4) is 0 Å². The van der Waals surface area contributed by atoms with E-state index in [9.17, 15) is 4.79 Å². The van der Waals surface area contributed by atoms with Crippen LogP contribution in [0.15, 0.2) is 0 Å². The van der Waals surface area contributed by atoms with Crippen molar-refractivity contribution in [3.63, 3.8) is 0 Å². The Morgan fingerprint density at radius 2 is 1.75 bits per heavy atom. The van der Waals surface area contributed by atoms with Gasteiger partial charge in [0.2, 0.25) is 5.91 Å². The first-order valence-electron chi connectivity index (χ1n) is 5.98. The van der Waals surface area contributed by atoms with E-state index >= 15 is 0 Å². The fourth-order valence-electron chi connectivity index (χ4n) is 1.79. The van der Waals surface area contributed by atoms with Crippen molar-refractivity contribution in [2.24, 2.45) is 11.8 Å². The van der Waals surface area contributed by atoms with Crippen molar-refractivity contribution in [1.29, 1.82) is 0 Å². The molecule has 16 heavy (non-hydrogen) atoms. The summed E-state index contributed by atoms with van der Waals surface area (Å²) in [6.45, 7) is 7.73. The Labute approximate surface area is 99.8 Å². The van der Waals surface area contributed by atoms with Crippen molar-refractivity contribution >= 4 is 5.91 Å². The van der Waals surface area contributed by atoms with Gasteiger partial charge in [-0.15, -0.1) is 0 Å². The fraction of sp³-hybridized carbons (Fsp3) is 0.917. The Bertz CT molecular complexity index is 196. The van der Waals surface area contributed by atoms with Crippen LogP contribution >= 0.6 is 0 Å². The van der Waals surface area contributed by atoms with Crippen LogP contribution in [0.4, 0.5) is 0 Å². The van der Waals surface area contributed by atoms with Crippen LogP contribution in [0.1, 0.15) is 20.8 Å². The molecule has 1 amide bonds. The lowest BCUT2D eigenvalue weighted by atomic mass is 10.0. The molecule has 0 aliphatic heterocycles. The predicted molar refractivity (Wildman–Crippen MR) is 68.4 cm³/mol. The SMILES string of the molecule is CNCC(C)C(=O)NCC(C(C)C)N(C)C. The molecule has 0 aromatic carbocycles. The van der Waals surface area contributed by atoms with E-state index in [0.717, 1.165) is 13.1 Å². The van der Waals surface area contributed by atoms with Crippen LogP contribution in [0, 0.1) is 11.8 Å². The standard InChI is InChI=1S/C12H27N3O/c1-9(2)11(15(5)6)8-14-12(16)10(3)7-13-4/h9-11,13H,7-8H2,1-6H3,(H,14,16). The van der Waals surface area contributed by atoms with Gasteiger partial charge in [0.1, 0.15) is 0 Å². The van der Waals surface area contributed by atoms with Gasteiger partial charge in [0.25, 0.3) is 0 Å². The highest BCUT2D eigenvalue weighted by Crippen LogP contribution is 2.06. The van der Waals surface area contributed by atoms with Crippen LogP contribution in [0.2, 0.25) is 0 Å². The Morgan fingerprint density at radius 1 is 1.19 bits per heavy atom. The molecule has 0 radical (unpaired) electrons. The van der Waals surface area contributed by atoms with Gasteiger partial charge >= 0.3 is 0 Å². The Hall–Kier alpha value is -0.610. The van der Waals surface area contributed by atoms with Crippen LogP contribution in [0.5, 0.6) is 0 Å². The summed E-state index contributed by atoms with van der Waals surface area (Å²) in [5, 5.41) is 6.02. The zero-order valence-electron chi connectivity index (χ0n) is 11.5. The monoisotopic (exact) mass is 229 g/mol. The minimum Gasteiger partial charge on any atom is -0.354 e. The minimum atomic E-state index is 0.0278. The summed E-state index contributed by atoms with van der Waals surface area (Å²) < 4.78 is 0. The van der Waals surface area contributed by atoms with E-state index in [1.165, 1.54) is 0 Å². The Morgan fingerprint density at radius 3 is 2.12 bits per heavy atom. The van der Waals surface area contributed by atoms with E-state index < -0.39 is 0 Å². The molecule has 0 bridgehead atoms. The van der Waals surface area contributed by atoms with Gasteiger partial charge in [0, 0.05) is 25.0 Å². The topological polar surface area (TPSA) is 44.4 Å². The highest BCUT2D eigenvalue weighted by Gasteiger charge is 2.18. The summed E-state index contributed by atoms with van der Waals surface area (Å²) >= 11 is 0. The molecule has 2 N–H and O–H groups in total. The zero-order chi connectivity index (χ0) is 12.7. The fourth-order valence-corrected chi connectivity index (χ4v) is 1.79. The van der Waals surface area contributed by atoms with E-state index in [2.05, 4.69) is 29.4 Å². The van der Waals surface area contributed by atoms with Crippen LogP contribution < -0.4 is 10.6 Å². The summed E-state index contributed by atoms with van der Waals surface area (Å²) in [5.41, 5.74) is 0. The van der Waals surface area contributed by atoms with E-state index in [-0.39, 0.29) is 11.8 Å². The number of carbonyl (C=O) groups is 1. The highest BCUT2D eigenvalue weighted by atomic mass is 16.1. The molecule has 0 heterocycles. The lowest BCUT2D eigenvalue weighted by molar-refractivity contribution is -0.124. The lowest BCUT2D eigenvalue weighted by Crippen LogP contribution is -2.45. The number of carbonyl (C=O) groups excluding carboxylic acids is 1. The van der Waals surface area contributed by atoms with Crippen molar-refractivity contribution in [2.45, 2.75) is 26.8 Å². The average Bonchev–Trinajstić information content (AvgIpc) is 2.16. The molecule has 4 nitrogen and oxygen atoms in total. The van der Waals surface area contributed by atoms with E-state index in [1.807, 2.05) is 28.1 Å². The van der Waals surface area contributed by atoms with Gasteiger partial charge in [-0.25, -0.2) is 0 Å². The van der Waals surface area contributed by atoms with Gasteiger partial charge in [-0.05, 0) is 27.1 Å². The number of hydrogen-bond donors (Lipinski definition) is 2. The third-order valence-electron chi connectivity index (χ3n) is 2.88. The molecule has 2 atom stereocenters. The van der Waals surface area contributed by atoms with E-state index in [1.54, 1.807) is 0 Å². The Balaban J connectivity index is 4.06. The maximum Gasteiger partial charge on any atom is 0.224 e. The highest BCUT2D eigenvalue weighted by molar-refractivity contribution is 5.78. The first kappa shape index (κ1) is 15.4. The van der Waals surface area contributed by atoms with Gasteiger partial charge in [-0.1, -0.05) is 20.8 Å². The molecule has 0 spiro atoms. The molecule has 0 aliphatic carbocycles. The van der Waals surface area contributed by atoms with Crippen LogP contribution in [0.25, 0.3) is 0 Å². The minimum absolute atomic E-state index is 0.0278. The summed E-state index contributed by atoms with van der Waals surface area (Å²) in [5.74, 6) is 0.691. The predicted octanol–water partition coefficient (Wildman–Crippen LogP) is 0.544. The Kier molecular flexibility index (Phi) is 7.34. The first-order valence-corrected chi connectivity index (χ1v) is 5.98. The van der Waals surface area contributed by atoms with Crippen molar-refractivity contribution in [1.82, 2.24) is 15.5 Å². The molecule has 0 aromatic rings. The molecule has 0 saturated carbocycles. The summed E-state index contributed by atoms with van der Waals surface area (Å²) in [4.78, 5) is 13.9. The summed E-state index contributed by atoms with van der Waals surface area (Å²) in [6.07, 6.45) is 0. The smallest absolute Gasteiger partial charge is 0.224 e. The molecular weight excluding hydrogens is 202 g/mol. The number of nitrogens with zero attached hydrogens (tertiary/aromatic N) is 1. The van der Waals surface area contributed by atoms with E-state index in [4.69, 9.17) is 0 Å². The van der Waals surface area contributed by atoms with Crippen molar-refractivity contribution in [2.75, 3.05) is 34.2 Å². The van der Waals surface area contributed by atoms with Crippen molar-refractivity contribution in [3.8, 4) is 0 Å². The van der Waals surface area contributed by atoms with Crippen LogP contribution in [-0.2, 0) is 4.79 Å². The van der Waals surface area contributed by atoms with Gasteiger partial charge in [0.15, 0.2) is 0 Å².